The molecular formula is C27H32N2O7. The summed E-state index contributed by atoms with van der Waals surface area (Å²) in [6.07, 6.45) is 1.36. The first-order valence-electron chi connectivity index (χ1n) is 11.8. The first-order chi connectivity index (χ1) is 17.3. The van der Waals surface area contributed by atoms with Crippen molar-refractivity contribution >= 4 is 17.4 Å². The molecule has 0 radical (unpaired) electrons. The van der Waals surface area contributed by atoms with Crippen molar-refractivity contribution < 1.29 is 33.6 Å². The minimum Gasteiger partial charge on any atom is -0.507 e. The van der Waals surface area contributed by atoms with E-state index in [1.165, 1.54) is 26.2 Å². The lowest BCUT2D eigenvalue weighted by atomic mass is 9.94. The Kier molecular flexibility index (Phi) is 7.40. The van der Waals surface area contributed by atoms with E-state index in [-0.39, 0.29) is 11.3 Å². The highest BCUT2D eigenvalue weighted by atomic mass is 16.5. The summed E-state index contributed by atoms with van der Waals surface area (Å²) in [5.74, 6) is 0.327. The minimum absolute atomic E-state index is 0.0259. The number of fused-ring (bicyclic) bond motifs is 1. The average Bonchev–Trinajstić information content (AvgIpc) is 3.44. The van der Waals surface area contributed by atoms with Crippen molar-refractivity contribution in [1.29, 1.82) is 0 Å². The van der Waals surface area contributed by atoms with Gasteiger partial charge < -0.3 is 33.9 Å². The van der Waals surface area contributed by atoms with Crippen LogP contribution in [0.1, 0.15) is 29.2 Å². The summed E-state index contributed by atoms with van der Waals surface area (Å²) in [7, 11) is 8.40. The van der Waals surface area contributed by atoms with Crippen LogP contribution < -0.4 is 18.9 Å². The van der Waals surface area contributed by atoms with Gasteiger partial charge >= 0.3 is 0 Å². The first-order valence-corrected chi connectivity index (χ1v) is 11.8. The van der Waals surface area contributed by atoms with E-state index < -0.39 is 17.7 Å². The molecule has 36 heavy (non-hydrogen) atoms. The Balaban J connectivity index is 1.87. The highest BCUT2D eigenvalue weighted by molar-refractivity contribution is 6.46. The number of aliphatic hydroxyl groups is 1. The van der Waals surface area contributed by atoms with Crippen LogP contribution in [0.4, 0.5) is 0 Å². The summed E-state index contributed by atoms with van der Waals surface area (Å²) in [6, 6.07) is 7.87. The molecule has 1 saturated heterocycles. The van der Waals surface area contributed by atoms with Crippen LogP contribution in [0.25, 0.3) is 5.76 Å². The van der Waals surface area contributed by atoms with Gasteiger partial charge in [-0.15, -0.1) is 0 Å². The van der Waals surface area contributed by atoms with E-state index in [4.69, 9.17) is 18.9 Å². The third kappa shape index (κ3) is 4.58. The predicted molar refractivity (Wildman–Crippen MR) is 134 cm³/mol. The maximum atomic E-state index is 13.3. The van der Waals surface area contributed by atoms with E-state index in [2.05, 4.69) is 0 Å². The molecule has 192 valence electrons. The maximum Gasteiger partial charge on any atom is 0.295 e. The molecule has 1 amide bonds. The monoisotopic (exact) mass is 496 g/mol. The predicted octanol–water partition coefficient (Wildman–Crippen LogP) is 3.02. The lowest BCUT2D eigenvalue weighted by Crippen LogP contribution is -2.32. The van der Waals surface area contributed by atoms with E-state index in [0.717, 1.165) is 17.9 Å². The van der Waals surface area contributed by atoms with E-state index in [1.807, 2.05) is 25.1 Å². The Morgan fingerprint density at radius 2 is 1.78 bits per heavy atom. The number of carbonyl (C=O) groups excluding carboxylic acids is 2. The quantitative estimate of drug-likeness (QED) is 0.322. The molecule has 1 N–H and O–H groups in total. The fraction of sp³-hybridized carbons (Fsp3) is 0.407. The van der Waals surface area contributed by atoms with Gasteiger partial charge in [-0.1, -0.05) is 0 Å². The van der Waals surface area contributed by atoms with Crippen LogP contribution in [-0.2, 0) is 16.0 Å². The molecule has 0 aromatic heterocycles. The van der Waals surface area contributed by atoms with Gasteiger partial charge in [0.2, 0.25) is 5.75 Å². The number of rotatable bonds is 9. The molecular weight excluding hydrogens is 464 g/mol. The van der Waals surface area contributed by atoms with E-state index in [9.17, 15) is 14.7 Å². The summed E-state index contributed by atoms with van der Waals surface area (Å²) in [4.78, 5) is 30.1. The number of nitrogens with zero attached hydrogens (tertiary/aromatic N) is 2. The Morgan fingerprint density at radius 3 is 2.39 bits per heavy atom. The molecule has 2 aromatic rings. The van der Waals surface area contributed by atoms with Crippen LogP contribution >= 0.6 is 0 Å². The molecule has 9 heteroatoms. The molecule has 0 bridgehead atoms. The van der Waals surface area contributed by atoms with Gasteiger partial charge in [-0.05, 0) is 68.5 Å². The number of methoxy groups -OCH3 is 3. The zero-order chi connectivity index (χ0) is 26.0. The zero-order valence-corrected chi connectivity index (χ0v) is 21.3. The number of Topliss-reactive ketones (excluding diaryl/α,β-unsaturated/α-hetero) is 1. The SMILES string of the molecule is COc1cc(C2/C(=C(\O)c3ccc4c(c3)CCO4)C(=O)C(=O)N2CCCN(C)C)cc(OC)c1OC. The van der Waals surface area contributed by atoms with E-state index in [1.54, 1.807) is 24.3 Å². The number of likely N-dealkylation sites (tertiary alicyclic amines) is 1. The van der Waals surface area contributed by atoms with Gasteiger partial charge in [0.15, 0.2) is 11.5 Å². The number of aliphatic hydroxyl groups excluding tert-OH is 1. The Morgan fingerprint density at radius 1 is 1.08 bits per heavy atom. The molecule has 2 aliphatic heterocycles. The van der Waals surface area contributed by atoms with Crippen molar-refractivity contribution in [3.8, 4) is 23.0 Å². The third-order valence-electron chi connectivity index (χ3n) is 6.51. The smallest absolute Gasteiger partial charge is 0.295 e. The van der Waals surface area contributed by atoms with E-state index in [0.29, 0.717) is 54.4 Å². The van der Waals surface area contributed by atoms with Crippen molar-refractivity contribution in [2.75, 3.05) is 55.1 Å². The second-order valence-electron chi connectivity index (χ2n) is 9.03. The largest absolute Gasteiger partial charge is 0.507 e. The van der Waals surface area contributed by atoms with Gasteiger partial charge in [0.1, 0.15) is 11.5 Å². The molecule has 0 aliphatic carbocycles. The summed E-state index contributed by atoms with van der Waals surface area (Å²) in [5.41, 5.74) is 2.00. The molecule has 2 heterocycles. The lowest BCUT2D eigenvalue weighted by molar-refractivity contribution is -0.139. The van der Waals surface area contributed by atoms with Crippen LogP contribution in [0.15, 0.2) is 35.9 Å². The van der Waals surface area contributed by atoms with Gasteiger partial charge in [0.25, 0.3) is 11.7 Å². The van der Waals surface area contributed by atoms with Crippen LogP contribution in [0.5, 0.6) is 23.0 Å². The topological polar surface area (TPSA) is 97.8 Å². The number of carbonyl (C=O) groups is 2. The number of amides is 1. The summed E-state index contributed by atoms with van der Waals surface area (Å²) >= 11 is 0. The van der Waals surface area contributed by atoms with Crippen molar-refractivity contribution in [3.05, 3.63) is 52.6 Å². The Bertz CT molecular complexity index is 1180. The average molecular weight is 497 g/mol. The Labute approximate surface area is 210 Å². The second kappa shape index (κ2) is 10.5. The van der Waals surface area contributed by atoms with Gasteiger partial charge in [-0.25, -0.2) is 0 Å². The first kappa shape index (κ1) is 25.4. The maximum absolute atomic E-state index is 13.3. The highest BCUT2D eigenvalue weighted by Gasteiger charge is 2.46. The second-order valence-corrected chi connectivity index (χ2v) is 9.03. The lowest BCUT2D eigenvalue weighted by Gasteiger charge is -2.27. The van der Waals surface area contributed by atoms with Crippen molar-refractivity contribution in [3.63, 3.8) is 0 Å². The van der Waals surface area contributed by atoms with Crippen molar-refractivity contribution in [2.24, 2.45) is 0 Å². The summed E-state index contributed by atoms with van der Waals surface area (Å²) in [5, 5.41) is 11.4. The zero-order valence-electron chi connectivity index (χ0n) is 21.3. The standard InChI is InChI=1S/C27H32N2O7/c1-28(2)10-6-11-29-23(18-14-20(33-3)26(35-5)21(15-18)34-4)22(25(31)27(29)32)24(30)17-7-8-19-16(13-17)9-12-36-19/h7-8,13-15,23,30H,6,9-12H2,1-5H3/b24-22+. The number of ketones is 1. The molecule has 2 aromatic carbocycles. The van der Waals surface area contributed by atoms with E-state index >= 15 is 0 Å². The number of benzene rings is 2. The number of ether oxygens (including phenoxy) is 4. The number of hydrogen-bond donors (Lipinski definition) is 1. The fourth-order valence-electron chi connectivity index (χ4n) is 4.76. The molecule has 2 aliphatic rings. The van der Waals surface area contributed by atoms with Crippen LogP contribution in [0.2, 0.25) is 0 Å². The van der Waals surface area contributed by atoms with Gasteiger partial charge in [0.05, 0.1) is 39.6 Å². The fourth-order valence-corrected chi connectivity index (χ4v) is 4.76. The van der Waals surface area contributed by atoms with Gasteiger partial charge in [-0.2, -0.15) is 0 Å². The molecule has 4 rings (SSSR count). The molecule has 9 nitrogen and oxygen atoms in total. The Hall–Kier alpha value is -3.72. The normalized spacial score (nSPS) is 18.4. The van der Waals surface area contributed by atoms with Crippen molar-refractivity contribution in [1.82, 2.24) is 9.80 Å². The molecule has 0 spiro atoms. The molecule has 1 fully saturated rings. The van der Waals surface area contributed by atoms with Crippen LogP contribution in [0, 0.1) is 0 Å². The van der Waals surface area contributed by atoms with Crippen molar-refractivity contribution in [2.45, 2.75) is 18.9 Å². The highest BCUT2D eigenvalue weighted by Crippen LogP contribution is 2.46. The third-order valence-corrected chi connectivity index (χ3v) is 6.51. The van der Waals surface area contributed by atoms with Crippen LogP contribution in [0.3, 0.4) is 0 Å². The van der Waals surface area contributed by atoms with Gasteiger partial charge in [-0.3, -0.25) is 9.59 Å². The molecule has 1 atom stereocenters. The summed E-state index contributed by atoms with van der Waals surface area (Å²) in [6.45, 7) is 1.63. The molecule has 0 saturated carbocycles. The van der Waals surface area contributed by atoms with Crippen LogP contribution in [-0.4, -0.2) is 81.7 Å². The van der Waals surface area contributed by atoms with Gasteiger partial charge in [0, 0.05) is 18.5 Å². The number of hydrogen-bond acceptors (Lipinski definition) is 8. The minimum atomic E-state index is -0.828. The summed E-state index contributed by atoms with van der Waals surface area (Å²) < 4.78 is 22.1. The molecule has 1 unspecified atom stereocenters.